The van der Waals surface area contributed by atoms with Gasteiger partial charge < -0.3 is 5.11 Å². The average Bonchev–Trinajstić information content (AvgIpc) is 3.31. The number of aryl methyl sites for hydroxylation is 1. The van der Waals surface area contributed by atoms with Gasteiger partial charge in [0.1, 0.15) is 24.3 Å². The van der Waals surface area contributed by atoms with Gasteiger partial charge in [-0.2, -0.15) is 10.4 Å². The number of benzene rings is 2. The van der Waals surface area contributed by atoms with Crippen LogP contribution in [0.1, 0.15) is 64.4 Å². The van der Waals surface area contributed by atoms with Crippen LogP contribution in [0.2, 0.25) is 0 Å². The van der Waals surface area contributed by atoms with Gasteiger partial charge in [-0.3, -0.25) is 4.68 Å². The molecule has 1 N–H and O–H groups in total. The lowest BCUT2D eigenvalue weighted by molar-refractivity contribution is 0.0929. The zero-order chi connectivity index (χ0) is 21.9. The molecule has 0 bridgehead atoms. The number of rotatable bonds is 2. The van der Waals surface area contributed by atoms with Gasteiger partial charge in [-0.05, 0) is 58.9 Å². The fourth-order valence-corrected chi connectivity index (χ4v) is 5.23. The normalized spacial score (nSPS) is 24.5. The average molecular weight is 423 g/mol. The topological polar surface area (TPSA) is 61.8 Å². The third-order valence-corrected chi connectivity index (χ3v) is 6.60. The number of nitrogens with zero attached hydrogens (tertiary/aromatic N) is 3. The van der Waals surface area contributed by atoms with Crippen molar-refractivity contribution >= 4 is 0 Å². The monoisotopic (exact) mass is 423 g/mol. The van der Waals surface area contributed by atoms with Gasteiger partial charge in [0.2, 0.25) is 0 Å². The van der Waals surface area contributed by atoms with Crippen molar-refractivity contribution in [2.45, 2.75) is 43.6 Å². The molecule has 4 atom stereocenters. The van der Waals surface area contributed by atoms with E-state index in [1.807, 2.05) is 18.2 Å². The maximum absolute atomic E-state index is 14.7. The first-order chi connectivity index (χ1) is 14.9. The second kappa shape index (κ2) is 7.24. The number of alkyl halides is 2. The molecule has 31 heavy (non-hydrogen) atoms. The summed E-state index contributed by atoms with van der Waals surface area (Å²) in [5, 5.41) is 24.4. The van der Waals surface area contributed by atoms with Crippen molar-refractivity contribution in [2.75, 3.05) is 0 Å². The Kier molecular flexibility index (Phi) is 4.63. The Hall–Kier alpha value is -3.11. The van der Waals surface area contributed by atoms with Crippen LogP contribution in [0.5, 0.6) is 0 Å². The van der Waals surface area contributed by atoms with Crippen LogP contribution in [-0.4, -0.2) is 21.1 Å². The lowest BCUT2D eigenvalue weighted by Crippen LogP contribution is -2.17. The summed E-state index contributed by atoms with van der Waals surface area (Å²) >= 11 is 0. The molecular weight excluding hydrogens is 403 g/mol. The molecule has 0 radical (unpaired) electrons. The zero-order valence-electron chi connectivity index (χ0n) is 16.8. The van der Waals surface area contributed by atoms with E-state index in [0.29, 0.717) is 28.7 Å². The lowest BCUT2D eigenvalue weighted by Gasteiger charge is -2.31. The molecular formula is C24H20F3N3O. The molecule has 2 aliphatic carbocycles. The molecule has 0 unspecified atom stereocenters. The van der Waals surface area contributed by atoms with E-state index in [2.05, 4.69) is 5.10 Å². The van der Waals surface area contributed by atoms with Crippen LogP contribution in [0.15, 0.2) is 36.5 Å². The van der Waals surface area contributed by atoms with Crippen LogP contribution in [0.4, 0.5) is 13.2 Å². The largest absolute Gasteiger partial charge is 0.385 e. The summed E-state index contributed by atoms with van der Waals surface area (Å²) in [6, 6.07) is 9.77. The Morgan fingerprint density at radius 1 is 1.13 bits per heavy atom. The highest BCUT2D eigenvalue weighted by molar-refractivity contribution is 5.70. The van der Waals surface area contributed by atoms with Crippen LogP contribution >= 0.6 is 0 Å². The Morgan fingerprint density at radius 2 is 1.94 bits per heavy atom. The maximum atomic E-state index is 14.7. The summed E-state index contributed by atoms with van der Waals surface area (Å²) in [6.45, 7) is 0. The number of nitriles is 1. The molecule has 5 rings (SSSR count). The SMILES string of the molecule is Cn1nccc1-c1ccc([C@H]2CC[C@H](F)c3cc(F)cc(C#N)c32)c2c1[C@H](O)[C@H](F)C2. The summed E-state index contributed by atoms with van der Waals surface area (Å²) in [4.78, 5) is 0. The number of hydrogen-bond acceptors (Lipinski definition) is 3. The third kappa shape index (κ3) is 2.97. The van der Waals surface area contributed by atoms with Crippen LogP contribution in [0.3, 0.4) is 0 Å². The molecule has 1 heterocycles. The molecule has 4 nitrogen and oxygen atoms in total. The van der Waals surface area contributed by atoms with E-state index in [1.54, 1.807) is 24.0 Å². The lowest BCUT2D eigenvalue weighted by atomic mass is 9.74. The van der Waals surface area contributed by atoms with Crippen molar-refractivity contribution in [3.05, 3.63) is 75.7 Å². The molecule has 0 saturated heterocycles. The number of fused-ring (bicyclic) bond motifs is 2. The third-order valence-electron chi connectivity index (χ3n) is 6.60. The second-order valence-corrected chi connectivity index (χ2v) is 8.27. The van der Waals surface area contributed by atoms with E-state index in [9.17, 15) is 23.5 Å². The van der Waals surface area contributed by atoms with Crippen molar-refractivity contribution in [1.82, 2.24) is 9.78 Å². The van der Waals surface area contributed by atoms with Gasteiger partial charge in [-0.1, -0.05) is 12.1 Å². The quantitative estimate of drug-likeness (QED) is 0.634. The van der Waals surface area contributed by atoms with Gasteiger partial charge in [0.05, 0.1) is 17.3 Å². The van der Waals surface area contributed by atoms with Gasteiger partial charge in [-0.25, -0.2) is 13.2 Å². The minimum absolute atomic E-state index is 0.0332. The molecule has 1 aromatic heterocycles. The fraction of sp³-hybridized carbons (Fsp3) is 0.333. The van der Waals surface area contributed by atoms with E-state index in [1.165, 1.54) is 0 Å². The number of aromatic nitrogens is 2. The van der Waals surface area contributed by atoms with E-state index in [4.69, 9.17) is 0 Å². The van der Waals surface area contributed by atoms with Gasteiger partial charge in [0.25, 0.3) is 0 Å². The molecule has 0 amide bonds. The predicted molar refractivity (Wildman–Crippen MR) is 108 cm³/mol. The predicted octanol–water partition coefficient (Wildman–Crippen LogP) is 4.96. The molecule has 0 fully saturated rings. The number of aliphatic hydroxyl groups excluding tert-OH is 1. The summed E-state index contributed by atoms with van der Waals surface area (Å²) in [7, 11) is 1.77. The molecule has 2 aliphatic rings. The van der Waals surface area contributed by atoms with Crippen molar-refractivity contribution in [1.29, 1.82) is 5.26 Å². The van der Waals surface area contributed by atoms with E-state index < -0.39 is 24.3 Å². The number of aliphatic hydroxyl groups is 1. The van der Waals surface area contributed by atoms with Gasteiger partial charge in [-0.15, -0.1) is 0 Å². The van der Waals surface area contributed by atoms with Crippen LogP contribution in [0.25, 0.3) is 11.3 Å². The molecule has 3 aromatic rings. The Balaban J connectivity index is 1.74. The standard InChI is InChI=1S/C24H20F3N3O/c1-30-21(6-7-29-30)16-3-2-14(17-10-20(27)24(31)23(16)17)15-4-5-19(26)18-9-13(25)8-12(11-28)22(15)18/h2-3,6-9,15,19-20,24,31H,4-5,10H2,1H3/t15-,19+,20-,24-/m1/s1. The molecule has 0 aliphatic heterocycles. The number of hydrogen-bond donors (Lipinski definition) is 1. The Morgan fingerprint density at radius 3 is 2.65 bits per heavy atom. The number of halogens is 3. The summed E-state index contributed by atoms with van der Waals surface area (Å²) < 4.78 is 45.0. The first-order valence-corrected chi connectivity index (χ1v) is 10.2. The van der Waals surface area contributed by atoms with Crippen LogP contribution in [-0.2, 0) is 13.5 Å². The van der Waals surface area contributed by atoms with Crippen molar-refractivity contribution in [2.24, 2.45) is 7.05 Å². The summed E-state index contributed by atoms with van der Waals surface area (Å²) in [6.07, 6.45) is -1.81. The fourth-order valence-electron chi connectivity index (χ4n) is 5.23. The molecule has 0 spiro atoms. The highest BCUT2D eigenvalue weighted by atomic mass is 19.1. The summed E-state index contributed by atoms with van der Waals surface area (Å²) in [5.41, 5.74) is 4.16. The van der Waals surface area contributed by atoms with Crippen LogP contribution in [0, 0.1) is 17.1 Å². The van der Waals surface area contributed by atoms with E-state index >= 15 is 0 Å². The van der Waals surface area contributed by atoms with Gasteiger partial charge in [0.15, 0.2) is 0 Å². The molecule has 7 heteroatoms. The van der Waals surface area contributed by atoms with Crippen molar-refractivity contribution < 1.29 is 18.3 Å². The minimum atomic E-state index is -1.45. The van der Waals surface area contributed by atoms with Crippen molar-refractivity contribution in [3.63, 3.8) is 0 Å². The Labute approximate surface area is 177 Å². The first kappa shape index (κ1) is 19.8. The maximum Gasteiger partial charge on any atom is 0.134 e. The highest BCUT2D eigenvalue weighted by Gasteiger charge is 2.39. The highest BCUT2D eigenvalue weighted by Crippen LogP contribution is 2.49. The second-order valence-electron chi connectivity index (χ2n) is 8.27. The minimum Gasteiger partial charge on any atom is -0.385 e. The Bertz CT molecular complexity index is 1230. The molecule has 0 saturated carbocycles. The molecule has 2 aromatic carbocycles. The zero-order valence-corrected chi connectivity index (χ0v) is 16.8. The van der Waals surface area contributed by atoms with Crippen LogP contribution < -0.4 is 0 Å². The summed E-state index contributed by atoms with van der Waals surface area (Å²) in [5.74, 6) is -1.02. The van der Waals surface area contributed by atoms with Crippen molar-refractivity contribution in [3.8, 4) is 17.3 Å². The smallest absolute Gasteiger partial charge is 0.134 e. The van der Waals surface area contributed by atoms with E-state index in [-0.39, 0.29) is 29.9 Å². The molecule has 158 valence electrons. The first-order valence-electron chi connectivity index (χ1n) is 10.2. The van der Waals surface area contributed by atoms with Gasteiger partial charge in [0, 0.05) is 31.1 Å². The van der Waals surface area contributed by atoms with Gasteiger partial charge >= 0.3 is 0 Å². The van der Waals surface area contributed by atoms with E-state index in [0.717, 1.165) is 23.4 Å².